The minimum atomic E-state index is -2.68. The van der Waals surface area contributed by atoms with Crippen molar-refractivity contribution in [2.24, 2.45) is 0 Å². The third-order valence-electron chi connectivity index (χ3n) is 4.29. The van der Waals surface area contributed by atoms with Gasteiger partial charge in [0, 0.05) is 17.7 Å². The summed E-state index contributed by atoms with van der Waals surface area (Å²) in [5, 5.41) is 12.3. The second-order valence-corrected chi connectivity index (χ2v) is 5.72. The smallest absolute Gasteiger partial charge is 0.315 e. The van der Waals surface area contributed by atoms with E-state index in [1.807, 2.05) is 0 Å². The molecule has 2 rings (SSSR count). The summed E-state index contributed by atoms with van der Waals surface area (Å²) in [4.78, 5) is 24.2. The number of halogens is 2. The molecule has 0 aliphatic carbocycles. The Kier molecular flexibility index (Phi) is 5.85. The van der Waals surface area contributed by atoms with Crippen LogP contribution in [0.5, 0.6) is 0 Å². The summed E-state index contributed by atoms with van der Waals surface area (Å²) in [6.07, 6.45) is -2.41. The Labute approximate surface area is 144 Å². The van der Waals surface area contributed by atoms with E-state index in [4.69, 9.17) is 0 Å². The van der Waals surface area contributed by atoms with Crippen LogP contribution in [-0.4, -0.2) is 23.5 Å². The topological polar surface area (TPSA) is 66.4 Å². The van der Waals surface area contributed by atoms with Crippen molar-refractivity contribution in [3.05, 3.63) is 71.3 Å². The predicted molar refractivity (Wildman–Crippen MR) is 89.8 cm³/mol. The first-order valence-corrected chi connectivity index (χ1v) is 7.86. The van der Waals surface area contributed by atoms with E-state index in [2.05, 4.69) is 5.32 Å². The van der Waals surface area contributed by atoms with Crippen molar-refractivity contribution in [2.45, 2.75) is 25.2 Å². The van der Waals surface area contributed by atoms with Crippen molar-refractivity contribution < 1.29 is 23.5 Å². The Morgan fingerprint density at radius 2 is 1.80 bits per heavy atom. The molecule has 1 unspecified atom stereocenters. The van der Waals surface area contributed by atoms with Crippen LogP contribution in [0, 0.1) is 0 Å². The summed E-state index contributed by atoms with van der Waals surface area (Å²) < 4.78 is 25.5. The van der Waals surface area contributed by atoms with Crippen molar-refractivity contribution in [1.29, 1.82) is 0 Å². The highest BCUT2D eigenvalue weighted by molar-refractivity contribution is 5.95. The van der Waals surface area contributed by atoms with Crippen molar-refractivity contribution in [3.63, 3.8) is 0 Å². The largest absolute Gasteiger partial charge is 0.481 e. The van der Waals surface area contributed by atoms with Gasteiger partial charge < -0.3 is 10.4 Å². The SMILES string of the molecule is CCC(CNC(=O)c1cccc(C(F)F)c1)(C(=O)O)c1ccccc1. The molecule has 0 aromatic heterocycles. The molecule has 0 radical (unpaired) electrons. The Hall–Kier alpha value is -2.76. The molecule has 132 valence electrons. The van der Waals surface area contributed by atoms with Gasteiger partial charge >= 0.3 is 5.97 Å². The summed E-state index contributed by atoms with van der Waals surface area (Å²) >= 11 is 0. The fourth-order valence-corrected chi connectivity index (χ4v) is 2.69. The maximum Gasteiger partial charge on any atom is 0.315 e. The van der Waals surface area contributed by atoms with Crippen molar-refractivity contribution >= 4 is 11.9 Å². The van der Waals surface area contributed by atoms with Crippen molar-refractivity contribution in [3.8, 4) is 0 Å². The number of carbonyl (C=O) groups is 2. The highest BCUT2D eigenvalue weighted by atomic mass is 19.3. The van der Waals surface area contributed by atoms with Gasteiger partial charge in [0.1, 0.15) is 5.41 Å². The lowest BCUT2D eigenvalue weighted by Crippen LogP contribution is -2.46. The molecule has 2 aromatic rings. The summed E-state index contributed by atoms with van der Waals surface area (Å²) in [5.74, 6) is -1.64. The highest BCUT2D eigenvalue weighted by Gasteiger charge is 2.39. The zero-order chi connectivity index (χ0) is 18.4. The van der Waals surface area contributed by atoms with Gasteiger partial charge in [-0.25, -0.2) is 8.78 Å². The third-order valence-corrected chi connectivity index (χ3v) is 4.29. The molecule has 0 bridgehead atoms. The lowest BCUT2D eigenvalue weighted by atomic mass is 9.78. The van der Waals surface area contributed by atoms with E-state index in [0.29, 0.717) is 5.56 Å². The highest BCUT2D eigenvalue weighted by Crippen LogP contribution is 2.28. The number of aliphatic carboxylic acids is 1. The first-order valence-electron chi connectivity index (χ1n) is 7.86. The Morgan fingerprint density at radius 1 is 1.12 bits per heavy atom. The van der Waals surface area contributed by atoms with Crippen LogP contribution in [0.1, 0.15) is 41.3 Å². The van der Waals surface area contributed by atoms with Gasteiger partial charge in [0.25, 0.3) is 12.3 Å². The number of amides is 1. The van der Waals surface area contributed by atoms with Gasteiger partial charge in [-0.1, -0.05) is 49.4 Å². The van der Waals surface area contributed by atoms with Crippen molar-refractivity contribution in [2.75, 3.05) is 6.54 Å². The zero-order valence-electron chi connectivity index (χ0n) is 13.7. The molecule has 2 aromatic carbocycles. The molecule has 4 nitrogen and oxygen atoms in total. The molecule has 0 saturated heterocycles. The molecule has 1 amide bonds. The van der Waals surface area contributed by atoms with Crippen LogP contribution in [-0.2, 0) is 10.2 Å². The predicted octanol–water partition coefficient (Wildman–Crippen LogP) is 3.79. The molecular weight excluding hydrogens is 328 g/mol. The lowest BCUT2D eigenvalue weighted by Gasteiger charge is -2.29. The molecule has 0 aliphatic heterocycles. The molecule has 6 heteroatoms. The van der Waals surface area contributed by atoms with Crippen LogP contribution in [0.3, 0.4) is 0 Å². The molecule has 25 heavy (non-hydrogen) atoms. The van der Waals surface area contributed by atoms with Gasteiger partial charge in [0.15, 0.2) is 0 Å². The first kappa shape index (κ1) is 18.6. The summed E-state index contributed by atoms with van der Waals surface area (Å²) in [5.41, 5.74) is -0.888. The molecule has 0 aliphatic rings. The number of alkyl halides is 2. The van der Waals surface area contributed by atoms with Crippen LogP contribution in [0.15, 0.2) is 54.6 Å². The molecule has 0 saturated carbocycles. The van der Waals surface area contributed by atoms with E-state index in [0.717, 1.165) is 6.07 Å². The van der Waals surface area contributed by atoms with Gasteiger partial charge in [-0.2, -0.15) is 0 Å². The minimum Gasteiger partial charge on any atom is -0.481 e. The second-order valence-electron chi connectivity index (χ2n) is 5.72. The summed E-state index contributed by atoms with van der Waals surface area (Å²) in [7, 11) is 0. The van der Waals surface area contributed by atoms with Crippen LogP contribution in [0.25, 0.3) is 0 Å². The van der Waals surface area contributed by atoms with Crippen LogP contribution < -0.4 is 5.32 Å². The Bertz CT molecular complexity index is 749. The fourth-order valence-electron chi connectivity index (χ4n) is 2.69. The monoisotopic (exact) mass is 347 g/mol. The average Bonchev–Trinajstić information content (AvgIpc) is 2.63. The quantitative estimate of drug-likeness (QED) is 0.801. The van der Waals surface area contributed by atoms with Gasteiger partial charge in [0.2, 0.25) is 0 Å². The van der Waals surface area contributed by atoms with E-state index >= 15 is 0 Å². The summed E-state index contributed by atoms with van der Waals surface area (Å²) in [6, 6.07) is 13.8. The lowest BCUT2D eigenvalue weighted by molar-refractivity contribution is -0.143. The first-order chi connectivity index (χ1) is 11.9. The zero-order valence-corrected chi connectivity index (χ0v) is 13.7. The maximum absolute atomic E-state index is 12.8. The third kappa shape index (κ3) is 4.02. The number of hydrogen-bond donors (Lipinski definition) is 2. The molecular formula is C19H19F2NO3. The normalized spacial score (nSPS) is 13.3. The van der Waals surface area contributed by atoms with Gasteiger partial charge in [0.05, 0.1) is 0 Å². The fraction of sp³-hybridized carbons (Fsp3) is 0.263. The number of benzene rings is 2. The van der Waals surface area contributed by atoms with Gasteiger partial charge in [-0.15, -0.1) is 0 Å². The van der Waals surface area contributed by atoms with Crippen LogP contribution in [0.4, 0.5) is 8.78 Å². The number of carboxylic acid groups (broad SMARTS) is 1. The molecule has 2 N–H and O–H groups in total. The molecule has 1 atom stereocenters. The standard InChI is InChI=1S/C19H19F2NO3/c1-2-19(18(24)25,15-9-4-3-5-10-15)12-22-17(23)14-8-6-7-13(11-14)16(20)21/h3-11,16H,2,12H2,1H3,(H,22,23)(H,24,25). The van der Waals surface area contributed by atoms with Gasteiger partial charge in [-0.05, 0) is 24.1 Å². The molecule has 0 heterocycles. The van der Waals surface area contributed by atoms with E-state index in [-0.39, 0.29) is 24.1 Å². The van der Waals surface area contributed by atoms with Gasteiger partial charge in [-0.3, -0.25) is 9.59 Å². The van der Waals surface area contributed by atoms with E-state index in [1.165, 1.54) is 18.2 Å². The van der Waals surface area contributed by atoms with Crippen molar-refractivity contribution in [1.82, 2.24) is 5.32 Å². The molecule has 0 spiro atoms. The Morgan fingerprint density at radius 3 is 2.36 bits per heavy atom. The number of carboxylic acids is 1. The number of nitrogens with one attached hydrogen (secondary N) is 1. The number of rotatable bonds is 7. The van der Waals surface area contributed by atoms with E-state index in [9.17, 15) is 23.5 Å². The van der Waals surface area contributed by atoms with E-state index in [1.54, 1.807) is 37.3 Å². The average molecular weight is 347 g/mol. The molecule has 0 fully saturated rings. The summed E-state index contributed by atoms with van der Waals surface area (Å²) in [6.45, 7) is 1.59. The maximum atomic E-state index is 12.8. The van der Waals surface area contributed by atoms with E-state index < -0.39 is 23.7 Å². The van der Waals surface area contributed by atoms with Crippen LogP contribution >= 0.6 is 0 Å². The number of hydrogen-bond acceptors (Lipinski definition) is 2. The second kappa shape index (κ2) is 7.88. The number of carbonyl (C=O) groups excluding carboxylic acids is 1. The minimum absolute atomic E-state index is 0.0706. The van der Waals surface area contributed by atoms with Crippen LogP contribution in [0.2, 0.25) is 0 Å². The Balaban J connectivity index is 2.22.